The second kappa shape index (κ2) is 5.75. The van der Waals surface area contributed by atoms with Crippen molar-refractivity contribution in [3.8, 4) is 0 Å². The van der Waals surface area contributed by atoms with Crippen molar-refractivity contribution < 1.29 is 0 Å². The largest absolute Gasteiger partial charge is 0.324 e. The highest BCUT2D eigenvalue weighted by Gasteiger charge is 2.11. The van der Waals surface area contributed by atoms with Gasteiger partial charge in [0.25, 0.3) is 0 Å². The minimum atomic E-state index is -0.113. The molecule has 3 heteroatoms. The second-order valence-corrected chi connectivity index (χ2v) is 5.31. The molecule has 0 aliphatic rings. The fourth-order valence-electron chi connectivity index (χ4n) is 1.89. The van der Waals surface area contributed by atoms with Gasteiger partial charge < -0.3 is 5.73 Å². The van der Waals surface area contributed by atoms with Crippen LogP contribution >= 0.6 is 23.2 Å². The molecule has 1 atom stereocenters. The molecule has 0 aliphatic carbocycles. The third kappa shape index (κ3) is 3.26. The number of rotatable bonds is 3. The van der Waals surface area contributed by atoms with Crippen LogP contribution in [-0.4, -0.2) is 0 Å². The van der Waals surface area contributed by atoms with Crippen molar-refractivity contribution in [2.45, 2.75) is 19.4 Å². The summed E-state index contributed by atoms with van der Waals surface area (Å²) in [6, 6.07) is 13.7. The van der Waals surface area contributed by atoms with E-state index in [1.165, 1.54) is 11.1 Å². The van der Waals surface area contributed by atoms with E-state index >= 15 is 0 Å². The van der Waals surface area contributed by atoms with Crippen LogP contribution in [0, 0.1) is 6.92 Å². The Morgan fingerprint density at radius 3 is 2.33 bits per heavy atom. The molecule has 0 aliphatic heterocycles. The number of hydrogen-bond donors (Lipinski definition) is 1. The molecule has 2 aromatic carbocycles. The van der Waals surface area contributed by atoms with E-state index < -0.39 is 0 Å². The molecule has 18 heavy (non-hydrogen) atoms. The number of nitrogens with two attached hydrogens (primary N) is 1. The molecule has 94 valence electrons. The Labute approximate surface area is 118 Å². The van der Waals surface area contributed by atoms with Crippen molar-refractivity contribution in [3.63, 3.8) is 0 Å². The summed E-state index contributed by atoms with van der Waals surface area (Å²) in [6.07, 6.45) is 0.766. The fourth-order valence-corrected chi connectivity index (χ4v) is 2.44. The summed E-state index contributed by atoms with van der Waals surface area (Å²) >= 11 is 12.0. The van der Waals surface area contributed by atoms with Crippen molar-refractivity contribution in [1.29, 1.82) is 0 Å². The second-order valence-electron chi connectivity index (χ2n) is 4.46. The predicted molar refractivity (Wildman–Crippen MR) is 78.3 cm³/mol. The average Bonchev–Trinajstić information content (AvgIpc) is 2.32. The Balaban J connectivity index is 2.16. The van der Waals surface area contributed by atoms with Gasteiger partial charge >= 0.3 is 0 Å². The van der Waals surface area contributed by atoms with E-state index in [0.717, 1.165) is 12.0 Å². The lowest BCUT2D eigenvalue weighted by atomic mass is 9.99. The smallest absolute Gasteiger partial charge is 0.0468 e. The molecule has 0 saturated carbocycles. The summed E-state index contributed by atoms with van der Waals surface area (Å²) < 4.78 is 0. The van der Waals surface area contributed by atoms with E-state index in [9.17, 15) is 0 Å². The van der Waals surface area contributed by atoms with Crippen LogP contribution in [0.25, 0.3) is 0 Å². The van der Waals surface area contributed by atoms with Gasteiger partial charge in [0.15, 0.2) is 0 Å². The molecule has 0 fully saturated rings. The first kappa shape index (κ1) is 13.4. The standard InChI is InChI=1S/C15H15Cl2N/c1-10-2-4-11(5-3-10)8-15(18)13-7-6-12(16)9-14(13)17/h2-7,9,15H,8,18H2,1H3. The van der Waals surface area contributed by atoms with Gasteiger partial charge in [0, 0.05) is 16.1 Å². The molecule has 1 unspecified atom stereocenters. The van der Waals surface area contributed by atoms with Crippen LogP contribution in [0.3, 0.4) is 0 Å². The van der Waals surface area contributed by atoms with Gasteiger partial charge in [0.2, 0.25) is 0 Å². The molecule has 2 N–H and O–H groups in total. The van der Waals surface area contributed by atoms with Gasteiger partial charge in [-0.15, -0.1) is 0 Å². The van der Waals surface area contributed by atoms with Crippen molar-refractivity contribution in [2.24, 2.45) is 5.73 Å². The van der Waals surface area contributed by atoms with E-state index in [2.05, 4.69) is 31.2 Å². The lowest BCUT2D eigenvalue weighted by Crippen LogP contribution is -2.13. The summed E-state index contributed by atoms with van der Waals surface area (Å²) in [5.41, 5.74) is 9.58. The summed E-state index contributed by atoms with van der Waals surface area (Å²) in [5.74, 6) is 0. The topological polar surface area (TPSA) is 26.0 Å². The van der Waals surface area contributed by atoms with Crippen LogP contribution in [0.2, 0.25) is 10.0 Å². The molecule has 0 bridgehead atoms. The van der Waals surface area contributed by atoms with Gasteiger partial charge in [0.1, 0.15) is 0 Å². The molecular weight excluding hydrogens is 265 g/mol. The van der Waals surface area contributed by atoms with E-state index in [0.29, 0.717) is 10.0 Å². The van der Waals surface area contributed by atoms with Gasteiger partial charge in [-0.1, -0.05) is 59.1 Å². The van der Waals surface area contributed by atoms with Gasteiger partial charge in [-0.05, 0) is 36.6 Å². The maximum atomic E-state index is 6.19. The summed E-state index contributed by atoms with van der Waals surface area (Å²) in [5, 5.41) is 1.26. The van der Waals surface area contributed by atoms with Crippen LogP contribution in [0.15, 0.2) is 42.5 Å². The first-order chi connectivity index (χ1) is 8.56. The van der Waals surface area contributed by atoms with Crippen LogP contribution in [0.1, 0.15) is 22.7 Å². The summed E-state index contributed by atoms with van der Waals surface area (Å²) in [4.78, 5) is 0. The average molecular weight is 280 g/mol. The Morgan fingerprint density at radius 2 is 1.72 bits per heavy atom. The van der Waals surface area contributed by atoms with Crippen LogP contribution in [0.4, 0.5) is 0 Å². The van der Waals surface area contributed by atoms with Gasteiger partial charge in [-0.2, -0.15) is 0 Å². The Hall–Kier alpha value is -1.02. The molecule has 0 heterocycles. The highest BCUT2D eigenvalue weighted by atomic mass is 35.5. The molecule has 0 saturated heterocycles. The zero-order valence-corrected chi connectivity index (χ0v) is 11.7. The first-order valence-corrected chi connectivity index (χ1v) is 6.58. The van der Waals surface area contributed by atoms with Crippen molar-refractivity contribution >= 4 is 23.2 Å². The molecule has 0 aromatic heterocycles. The van der Waals surface area contributed by atoms with Crippen molar-refractivity contribution in [1.82, 2.24) is 0 Å². The van der Waals surface area contributed by atoms with Gasteiger partial charge in [-0.3, -0.25) is 0 Å². The number of benzene rings is 2. The SMILES string of the molecule is Cc1ccc(CC(N)c2ccc(Cl)cc2Cl)cc1. The fraction of sp³-hybridized carbons (Fsp3) is 0.200. The summed E-state index contributed by atoms with van der Waals surface area (Å²) in [7, 11) is 0. The van der Waals surface area contributed by atoms with Crippen molar-refractivity contribution in [3.05, 3.63) is 69.2 Å². The normalized spacial score (nSPS) is 12.4. The molecule has 2 rings (SSSR count). The maximum Gasteiger partial charge on any atom is 0.0468 e. The lowest BCUT2D eigenvalue weighted by Gasteiger charge is -2.14. The maximum absolute atomic E-state index is 6.19. The Morgan fingerprint density at radius 1 is 1.06 bits per heavy atom. The van der Waals surface area contributed by atoms with Crippen molar-refractivity contribution in [2.75, 3.05) is 0 Å². The number of halogens is 2. The minimum Gasteiger partial charge on any atom is -0.324 e. The third-order valence-corrected chi connectivity index (χ3v) is 3.50. The zero-order chi connectivity index (χ0) is 13.1. The van der Waals surface area contributed by atoms with Crippen LogP contribution < -0.4 is 5.73 Å². The molecule has 0 radical (unpaired) electrons. The monoisotopic (exact) mass is 279 g/mol. The minimum absolute atomic E-state index is 0.113. The number of hydrogen-bond acceptors (Lipinski definition) is 1. The van der Waals surface area contributed by atoms with Crippen LogP contribution in [-0.2, 0) is 6.42 Å². The highest BCUT2D eigenvalue weighted by Crippen LogP contribution is 2.27. The van der Waals surface area contributed by atoms with Gasteiger partial charge in [0.05, 0.1) is 0 Å². The molecule has 0 amide bonds. The van der Waals surface area contributed by atoms with E-state index in [4.69, 9.17) is 28.9 Å². The molecular formula is C15H15Cl2N. The highest BCUT2D eigenvalue weighted by molar-refractivity contribution is 6.35. The molecule has 1 nitrogen and oxygen atoms in total. The lowest BCUT2D eigenvalue weighted by molar-refractivity contribution is 0.722. The van der Waals surface area contributed by atoms with E-state index in [1.54, 1.807) is 6.07 Å². The Bertz CT molecular complexity index is 535. The van der Waals surface area contributed by atoms with Gasteiger partial charge in [-0.25, -0.2) is 0 Å². The van der Waals surface area contributed by atoms with E-state index in [1.807, 2.05) is 12.1 Å². The van der Waals surface area contributed by atoms with Crippen LogP contribution in [0.5, 0.6) is 0 Å². The third-order valence-electron chi connectivity index (χ3n) is 2.94. The Kier molecular flexibility index (Phi) is 4.28. The predicted octanol–water partition coefficient (Wildman–Crippen LogP) is 4.54. The number of aryl methyl sites for hydroxylation is 1. The first-order valence-electron chi connectivity index (χ1n) is 5.82. The summed E-state index contributed by atoms with van der Waals surface area (Å²) in [6.45, 7) is 2.07. The van der Waals surface area contributed by atoms with E-state index in [-0.39, 0.29) is 6.04 Å². The molecule has 0 spiro atoms. The quantitative estimate of drug-likeness (QED) is 0.877. The molecule has 2 aromatic rings. The zero-order valence-electron chi connectivity index (χ0n) is 10.2.